The molecule has 0 spiro atoms. The average Bonchev–Trinajstić information content (AvgIpc) is 3.28. The van der Waals surface area contributed by atoms with E-state index in [2.05, 4.69) is 25.5 Å². The molecule has 3 aromatic heterocycles. The van der Waals surface area contributed by atoms with Crippen molar-refractivity contribution in [3.8, 4) is 5.13 Å². The van der Waals surface area contributed by atoms with E-state index in [1.54, 1.807) is 27.1 Å². The summed E-state index contributed by atoms with van der Waals surface area (Å²) in [7, 11) is -3.90. The molecule has 0 unspecified atom stereocenters. The number of nitrogens with zero attached hydrogens (tertiary/aromatic N) is 6. The first-order chi connectivity index (χ1) is 18.4. The maximum absolute atomic E-state index is 14.1. The summed E-state index contributed by atoms with van der Waals surface area (Å²) in [6.45, 7) is 9.41. The van der Waals surface area contributed by atoms with E-state index >= 15 is 0 Å². The molecule has 1 aliphatic carbocycles. The molecule has 0 amide bonds. The Bertz CT molecular complexity index is 1660. The summed E-state index contributed by atoms with van der Waals surface area (Å²) in [6.07, 6.45) is 2.11. The van der Waals surface area contributed by atoms with Crippen LogP contribution in [0.2, 0.25) is 0 Å². The van der Waals surface area contributed by atoms with E-state index in [-0.39, 0.29) is 15.9 Å². The lowest BCUT2D eigenvalue weighted by Gasteiger charge is -2.39. The monoisotopic (exact) mass is 575 g/mol. The molecule has 208 valence electrons. The van der Waals surface area contributed by atoms with Crippen molar-refractivity contribution >= 4 is 43.3 Å². The second kappa shape index (κ2) is 9.22. The van der Waals surface area contributed by atoms with Gasteiger partial charge >= 0.3 is 0 Å². The summed E-state index contributed by atoms with van der Waals surface area (Å²) < 4.78 is 58.5. The molecule has 2 aliphatic rings. The van der Waals surface area contributed by atoms with Crippen LogP contribution in [0, 0.1) is 0 Å². The van der Waals surface area contributed by atoms with Crippen LogP contribution in [0.25, 0.3) is 27.1 Å². The molecule has 1 saturated carbocycles. The number of fused-ring (bicyclic) bond motifs is 3. The van der Waals surface area contributed by atoms with Gasteiger partial charge in [0.25, 0.3) is 6.43 Å². The highest BCUT2D eigenvalue weighted by atomic mass is 32.2. The Labute approximate surface area is 229 Å². The van der Waals surface area contributed by atoms with E-state index < -0.39 is 32.5 Å². The third-order valence-electron chi connectivity index (χ3n) is 7.69. The van der Waals surface area contributed by atoms with Crippen molar-refractivity contribution < 1.29 is 17.2 Å². The van der Waals surface area contributed by atoms with Gasteiger partial charge in [-0.25, -0.2) is 27.2 Å². The SMILES string of the molecule is CC(C)(C)N(C1(C)CC1)S(=O)(=O)c1ccc2c3c(C4CCNCC4)ncnc3n(-c3nnc(C(F)F)s3)c2c1. The number of piperidine rings is 1. The zero-order valence-electron chi connectivity index (χ0n) is 22.3. The van der Waals surface area contributed by atoms with E-state index in [9.17, 15) is 17.2 Å². The first kappa shape index (κ1) is 26.6. The van der Waals surface area contributed by atoms with Crippen LogP contribution >= 0.6 is 11.3 Å². The number of rotatable bonds is 6. The van der Waals surface area contributed by atoms with Crippen LogP contribution in [0.1, 0.15) is 76.4 Å². The molecular formula is C26H31F2N7O2S2. The van der Waals surface area contributed by atoms with E-state index in [1.807, 2.05) is 27.7 Å². The third-order valence-corrected chi connectivity index (χ3v) is 10.9. The van der Waals surface area contributed by atoms with Gasteiger partial charge in [0, 0.05) is 27.8 Å². The predicted molar refractivity (Wildman–Crippen MR) is 146 cm³/mol. The number of hydrogen-bond acceptors (Lipinski definition) is 8. The Morgan fingerprint density at radius 1 is 1.15 bits per heavy atom. The Balaban J connectivity index is 1.62. The molecule has 1 saturated heterocycles. The van der Waals surface area contributed by atoms with Crippen molar-refractivity contribution in [1.29, 1.82) is 0 Å². The second-order valence-electron chi connectivity index (χ2n) is 11.7. The lowest BCUT2D eigenvalue weighted by Crippen LogP contribution is -2.51. The van der Waals surface area contributed by atoms with Gasteiger partial charge in [0.15, 0.2) is 10.7 Å². The zero-order valence-corrected chi connectivity index (χ0v) is 23.9. The highest BCUT2D eigenvalue weighted by molar-refractivity contribution is 7.89. The van der Waals surface area contributed by atoms with Gasteiger partial charge in [0.05, 0.1) is 16.1 Å². The summed E-state index contributed by atoms with van der Waals surface area (Å²) in [5.41, 5.74) is 0.819. The minimum absolute atomic E-state index is 0.136. The van der Waals surface area contributed by atoms with Crippen molar-refractivity contribution in [1.82, 2.24) is 34.4 Å². The smallest absolute Gasteiger partial charge is 0.291 e. The molecule has 13 heteroatoms. The van der Waals surface area contributed by atoms with Crippen LogP contribution in [-0.4, -0.2) is 61.6 Å². The van der Waals surface area contributed by atoms with Gasteiger partial charge in [-0.2, -0.15) is 4.31 Å². The lowest BCUT2D eigenvalue weighted by molar-refractivity contribution is 0.150. The van der Waals surface area contributed by atoms with Gasteiger partial charge in [0.2, 0.25) is 15.2 Å². The van der Waals surface area contributed by atoms with Crippen LogP contribution in [-0.2, 0) is 10.0 Å². The predicted octanol–water partition coefficient (Wildman–Crippen LogP) is 5.17. The molecule has 1 aliphatic heterocycles. The average molecular weight is 576 g/mol. The Kier molecular flexibility index (Phi) is 6.29. The quantitative estimate of drug-likeness (QED) is 0.338. The molecule has 1 N–H and O–H groups in total. The molecule has 4 heterocycles. The van der Waals surface area contributed by atoms with Crippen LogP contribution in [0.5, 0.6) is 0 Å². The van der Waals surface area contributed by atoms with Crippen molar-refractivity contribution in [2.75, 3.05) is 13.1 Å². The van der Waals surface area contributed by atoms with Crippen molar-refractivity contribution in [2.24, 2.45) is 0 Å². The molecular weight excluding hydrogens is 544 g/mol. The number of aromatic nitrogens is 5. The van der Waals surface area contributed by atoms with E-state index in [4.69, 9.17) is 0 Å². The van der Waals surface area contributed by atoms with Crippen molar-refractivity contribution in [3.63, 3.8) is 0 Å². The van der Waals surface area contributed by atoms with Crippen LogP contribution < -0.4 is 5.32 Å². The first-order valence-corrected chi connectivity index (χ1v) is 15.3. The number of benzene rings is 1. The standard InChI is InChI=1S/C26H31F2N7O2S2/c1-25(2,3)35(26(4)9-10-26)39(36,37)16-5-6-17-18(13-16)34(24-33-32-23(38-24)21(27)28)22-19(17)20(30-14-31-22)15-7-11-29-12-8-15/h5-6,13-15,21,29H,7-12H2,1-4H3. The molecule has 1 aromatic carbocycles. The van der Waals surface area contributed by atoms with Gasteiger partial charge < -0.3 is 5.32 Å². The summed E-state index contributed by atoms with van der Waals surface area (Å²) in [5.74, 6) is 0.191. The highest BCUT2D eigenvalue weighted by Gasteiger charge is 2.53. The number of halogens is 2. The van der Waals surface area contributed by atoms with Crippen molar-refractivity contribution in [3.05, 3.63) is 35.2 Å². The number of alkyl halides is 2. The van der Waals surface area contributed by atoms with E-state index in [1.165, 1.54) is 6.33 Å². The highest BCUT2D eigenvalue weighted by Crippen LogP contribution is 2.48. The maximum Gasteiger partial charge on any atom is 0.291 e. The molecule has 39 heavy (non-hydrogen) atoms. The minimum Gasteiger partial charge on any atom is -0.317 e. The van der Waals surface area contributed by atoms with Crippen LogP contribution in [0.3, 0.4) is 0 Å². The summed E-state index contributed by atoms with van der Waals surface area (Å²) in [5, 5.41) is 12.5. The molecule has 0 bridgehead atoms. The largest absolute Gasteiger partial charge is 0.317 e. The fourth-order valence-corrected chi connectivity index (χ4v) is 8.86. The fraction of sp³-hybridized carbons (Fsp3) is 0.538. The van der Waals surface area contributed by atoms with Gasteiger partial charge in [-0.3, -0.25) is 4.57 Å². The normalized spacial score (nSPS) is 18.6. The molecule has 6 rings (SSSR count). The number of sulfonamides is 1. The summed E-state index contributed by atoms with van der Waals surface area (Å²) in [6, 6.07) is 5.04. The van der Waals surface area contributed by atoms with Crippen LogP contribution in [0.15, 0.2) is 29.4 Å². The summed E-state index contributed by atoms with van der Waals surface area (Å²) in [4.78, 5) is 9.35. The lowest BCUT2D eigenvalue weighted by atomic mass is 9.92. The second-order valence-corrected chi connectivity index (χ2v) is 14.4. The molecule has 4 aromatic rings. The maximum atomic E-state index is 14.1. The van der Waals surface area contributed by atoms with Crippen LogP contribution in [0.4, 0.5) is 8.78 Å². The van der Waals surface area contributed by atoms with Gasteiger partial charge in [0.1, 0.15) is 6.33 Å². The van der Waals surface area contributed by atoms with Gasteiger partial charge in [-0.1, -0.05) is 17.4 Å². The molecule has 2 fully saturated rings. The Morgan fingerprint density at radius 2 is 1.87 bits per heavy atom. The fourth-order valence-electron chi connectivity index (χ4n) is 5.95. The minimum atomic E-state index is -3.90. The topological polar surface area (TPSA) is 106 Å². The number of nitrogens with one attached hydrogen (secondary N) is 1. The van der Waals surface area contributed by atoms with Gasteiger partial charge in [-0.05, 0) is 78.6 Å². The first-order valence-electron chi connectivity index (χ1n) is 13.1. The molecule has 9 nitrogen and oxygen atoms in total. The van der Waals surface area contributed by atoms with E-state index in [0.29, 0.717) is 11.2 Å². The Morgan fingerprint density at radius 3 is 2.49 bits per heavy atom. The molecule has 0 radical (unpaired) electrons. The summed E-state index contributed by atoms with van der Waals surface area (Å²) >= 11 is 0.768. The Hall–Kier alpha value is -2.61. The molecule has 0 atom stereocenters. The zero-order chi connectivity index (χ0) is 27.7. The van der Waals surface area contributed by atoms with Gasteiger partial charge in [-0.15, -0.1) is 10.2 Å². The van der Waals surface area contributed by atoms with Crippen molar-refractivity contribution in [2.45, 2.75) is 81.7 Å². The van der Waals surface area contributed by atoms with E-state index in [0.717, 1.165) is 66.6 Å². The number of hydrogen-bond donors (Lipinski definition) is 1. The third kappa shape index (κ3) is 4.43.